The van der Waals surface area contributed by atoms with Crippen molar-refractivity contribution in [2.75, 3.05) is 6.54 Å². The Bertz CT molecular complexity index is 1290. The predicted molar refractivity (Wildman–Crippen MR) is 130 cm³/mol. The number of halogens is 1. The van der Waals surface area contributed by atoms with E-state index < -0.39 is 18.0 Å². The second-order valence-electron chi connectivity index (χ2n) is 8.39. The average molecular weight is 497 g/mol. The molecule has 35 heavy (non-hydrogen) atoms. The van der Waals surface area contributed by atoms with Crippen LogP contribution in [0.2, 0.25) is 5.02 Å². The van der Waals surface area contributed by atoms with Crippen molar-refractivity contribution in [2.45, 2.75) is 31.8 Å². The van der Waals surface area contributed by atoms with Gasteiger partial charge < -0.3 is 30.6 Å². The third-order valence-corrected chi connectivity index (χ3v) is 6.47. The third kappa shape index (κ3) is 4.70. The second-order valence-corrected chi connectivity index (χ2v) is 8.80. The van der Waals surface area contributed by atoms with E-state index in [0.29, 0.717) is 23.2 Å². The average Bonchev–Trinajstić information content (AvgIpc) is 2.82. The van der Waals surface area contributed by atoms with Crippen molar-refractivity contribution < 1.29 is 30.0 Å². The number of amides is 2. The number of phenolic OH excluding ortho intramolecular Hbond substituents is 4. The molecule has 0 saturated heterocycles. The molecular formula is C26H25ClN2O6. The number of phenols is 4. The summed E-state index contributed by atoms with van der Waals surface area (Å²) >= 11 is 6.34. The van der Waals surface area contributed by atoms with Crippen LogP contribution in [-0.4, -0.2) is 49.7 Å². The van der Waals surface area contributed by atoms with E-state index >= 15 is 0 Å². The molecule has 1 aliphatic heterocycles. The van der Waals surface area contributed by atoms with Gasteiger partial charge in [0, 0.05) is 13.0 Å². The normalized spacial score (nSPS) is 17.0. The molecule has 1 aliphatic rings. The van der Waals surface area contributed by atoms with Gasteiger partial charge in [-0.05, 0) is 66.4 Å². The number of benzene rings is 3. The van der Waals surface area contributed by atoms with E-state index in [2.05, 4.69) is 5.32 Å². The number of fused-ring (bicyclic) bond motifs is 1. The molecule has 5 N–H and O–H groups in total. The van der Waals surface area contributed by atoms with E-state index in [9.17, 15) is 30.0 Å². The number of aromatic hydroxyl groups is 4. The van der Waals surface area contributed by atoms with Crippen LogP contribution in [-0.2, 0) is 17.6 Å². The lowest BCUT2D eigenvalue weighted by Gasteiger charge is -2.43. The highest BCUT2D eigenvalue weighted by Gasteiger charge is 2.42. The summed E-state index contributed by atoms with van der Waals surface area (Å²) in [5.41, 5.74) is 1.95. The molecule has 4 rings (SSSR count). The smallest absolute Gasteiger partial charge is 0.256 e. The molecule has 0 aromatic heterocycles. The van der Waals surface area contributed by atoms with Crippen LogP contribution in [0.3, 0.4) is 0 Å². The Hall–Kier alpha value is -3.91. The van der Waals surface area contributed by atoms with Gasteiger partial charge >= 0.3 is 0 Å². The maximum atomic E-state index is 13.9. The maximum Gasteiger partial charge on any atom is 0.256 e. The Kier molecular flexibility index (Phi) is 6.75. The van der Waals surface area contributed by atoms with Gasteiger partial charge in [0.2, 0.25) is 5.91 Å². The number of carbonyl (C=O) groups is 2. The van der Waals surface area contributed by atoms with Gasteiger partial charge in [0.25, 0.3) is 5.91 Å². The number of hydrogen-bond acceptors (Lipinski definition) is 6. The summed E-state index contributed by atoms with van der Waals surface area (Å²) in [6.45, 7) is 2.13. The molecule has 182 valence electrons. The number of likely N-dealkylation sites (N-methyl/N-ethyl adjacent to an activating group) is 1. The topological polar surface area (TPSA) is 130 Å². The fraction of sp³-hybridized carbons (Fsp3) is 0.231. The number of nitrogens with one attached hydrogen (secondary N) is 1. The molecule has 0 fully saturated rings. The predicted octanol–water partition coefficient (Wildman–Crippen LogP) is 3.65. The third-order valence-electron chi connectivity index (χ3n) is 6.14. The first-order valence-electron chi connectivity index (χ1n) is 11.1. The molecule has 2 amide bonds. The van der Waals surface area contributed by atoms with Crippen LogP contribution in [0.5, 0.6) is 23.0 Å². The van der Waals surface area contributed by atoms with E-state index in [1.54, 1.807) is 37.3 Å². The van der Waals surface area contributed by atoms with Gasteiger partial charge in [-0.3, -0.25) is 9.59 Å². The Balaban J connectivity index is 1.90. The van der Waals surface area contributed by atoms with E-state index in [1.807, 2.05) is 0 Å². The van der Waals surface area contributed by atoms with Crippen LogP contribution in [0.1, 0.15) is 40.0 Å². The lowest BCUT2D eigenvalue weighted by molar-refractivity contribution is -0.126. The highest BCUT2D eigenvalue weighted by Crippen LogP contribution is 2.42. The monoisotopic (exact) mass is 496 g/mol. The van der Waals surface area contributed by atoms with Crippen LogP contribution >= 0.6 is 11.6 Å². The first-order valence-corrected chi connectivity index (χ1v) is 11.5. The van der Waals surface area contributed by atoms with Crippen molar-refractivity contribution in [1.29, 1.82) is 0 Å². The van der Waals surface area contributed by atoms with Gasteiger partial charge in [0.05, 0.1) is 16.6 Å². The van der Waals surface area contributed by atoms with E-state index in [1.165, 1.54) is 29.2 Å². The molecule has 0 unspecified atom stereocenters. The zero-order valence-corrected chi connectivity index (χ0v) is 19.7. The lowest BCUT2D eigenvalue weighted by atomic mass is 9.83. The Morgan fingerprint density at radius 2 is 1.66 bits per heavy atom. The summed E-state index contributed by atoms with van der Waals surface area (Å²) in [6, 6.07) is 12.0. The van der Waals surface area contributed by atoms with Gasteiger partial charge in [-0.25, -0.2) is 0 Å². The summed E-state index contributed by atoms with van der Waals surface area (Å²) in [4.78, 5) is 28.5. The Labute approximate surface area is 207 Å². The molecule has 3 aromatic rings. The summed E-state index contributed by atoms with van der Waals surface area (Å²) in [5, 5.41) is 43.1. The zero-order valence-electron chi connectivity index (χ0n) is 18.9. The van der Waals surface area contributed by atoms with Crippen molar-refractivity contribution in [2.24, 2.45) is 0 Å². The molecular weight excluding hydrogens is 472 g/mol. The van der Waals surface area contributed by atoms with E-state index in [-0.39, 0.29) is 52.3 Å². The van der Waals surface area contributed by atoms with Crippen LogP contribution in [0.15, 0.2) is 54.6 Å². The van der Waals surface area contributed by atoms with Crippen molar-refractivity contribution in [3.8, 4) is 23.0 Å². The highest BCUT2D eigenvalue weighted by molar-refractivity contribution is 6.33. The molecule has 8 nitrogen and oxygen atoms in total. The number of rotatable bonds is 5. The van der Waals surface area contributed by atoms with Crippen LogP contribution in [0.4, 0.5) is 0 Å². The molecule has 0 aliphatic carbocycles. The minimum Gasteiger partial charge on any atom is -0.504 e. The summed E-state index contributed by atoms with van der Waals surface area (Å²) in [7, 11) is 0. The first kappa shape index (κ1) is 24.2. The van der Waals surface area contributed by atoms with Crippen molar-refractivity contribution in [3.05, 3.63) is 81.9 Å². The standard InChI is InChI=1S/C26H25ClN2O6/c1-2-28-25(34)20-11-15-12-23(32)24(33)13-17(15)19(9-14-7-8-21(30)22(31)10-14)29(20)26(35)16-5-3-4-6-18(16)27/h3-8,10,12-13,19-20,30-33H,2,9,11H2,1H3,(H,28,34)/t19-,20-/m0/s1. The van der Waals surface area contributed by atoms with Gasteiger partial charge in [0.15, 0.2) is 23.0 Å². The van der Waals surface area contributed by atoms with Gasteiger partial charge in [-0.1, -0.05) is 29.8 Å². The second kappa shape index (κ2) is 9.76. The minimum absolute atomic E-state index is 0.114. The van der Waals surface area contributed by atoms with Gasteiger partial charge in [-0.2, -0.15) is 0 Å². The fourth-order valence-electron chi connectivity index (χ4n) is 4.49. The van der Waals surface area contributed by atoms with Crippen LogP contribution in [0, 0.1) is 0 Å². The fourth-order valence-corrected chi connectivity index (χ4v) is 4.71. The molecule has 2 atom stereocenters. The van der Waals surface area contributed by atoms with Crippen molar-refractivity contribution in [1.82, 2.24) is 10.2 Å². The zero-order chi connectivity index (χ0) is 25.3. The summed E-state index contributed by atoms with van der Waals surface area (Å²) in [5.74, 6) is -2.14. The summed E-state index contributed by atoms with van der Waals surface area (Å²) in [6.07, 6.45) is 0.264. The Morgan fingerprint density at radius 3 is 2.34 bits per heavy atom. The molecule has 9 heteroatoms. The number of hydrogen-bond donors (Lipinski definition) is 5. The SMILES string of the molecule is CCNC(=O)[C@@H]1Cc2cc(O)c(O)cc2[C@H](Cc2ccc(O)c(O)c2)N1C(=O)c1ccccc1Cl. The molecule has 0 spiro atoms. The Morgan fingerprint density at radius 1 is 0.971 bits per heavy atom. The largest absolute Gasteiger partial charge is 0.504 e. The number of nitrogens with zero attached hydrogens (tertiary/aromatic N) is 1. The minimum atomic E-state index is -0.925. The van der Waals surface area contributed by atoms with Crippen molar-refractivity contribution in [3.63, 3.8) is 0 Å². The highest BCUT2D eigenvalue weighted by atomic mass is 35.5. The quantitative estimate of drug-likeness (QED) is 0.343. The number of carbonyl (C=O) groups excluding carboxylic acids is 2. The van der Waals surface area contributed by atoms with E-state index in [4.69, 9.17) is 11.6 Å². The van der Waals surface area contributed by atoms with Gasteiger partial charge in [-0.15, -0.1) is 0 Å². The molecule has 0 saturated carbocycles. The van der Waals surface area contributed by atoms with Crippen molar-refractivity contribution >= 4 is 23.4 Å². The van der Waals surface area contributed by atoms with Gasteiger partial charge in [0.1, 0.15) is 6.04 Å². The molecule has 0 bridgehead atoms. The molecule has 3 aromatic carbocycles. The van der Waals surface area contributed by atoms with Crippen LogP contribution in [0.25, 0.3) is 0 Å². The molecule has 1 heterocycles. The summed E-state index contributed by atoms with van der Waals surface area (Å²) < 4.78 is 0. The maximum absolute atomic E-state index is 13.9. The van der Waals surface area contributed by atoms with Crippen LogP contribution < -0.4 is 5.32 Å². The lowest BCUT2D eigenvalue weighted by Crippen LogP contribution is -2.55. The first-order chi connectivity index (χ1) is 16.7. The van der Waals surface area contributed by atoms with E-state index in [0.717, 1.165) is 0 Å². The molecule has 0 radical (unpaired) electrons.